The molecule has 1 aromatic carbocycles. The first-order chi connectivity index (χ1) is 9.83. The molecule has 0 aliphatic rings. The van der Waals surface area contributed by atoms with E-state index in [1.54, 1.807) is 4.57 Å². The molecule has 9 heteroatoms. The molecule has 0 aliphatic carbocycles. The van der Waals surface area contributed by atoms with E-state index in [2.05, 4.69) is 9.71 Å². The highest BCUT2D eigenvalue weighted by Crippen LogP contribution is 2.23. The van der Waals surface area contributed by atoms with Crippen molar-refractivity contribution in [3.63, 3.8) is 0 Å². The van der Waals surface area contributed by atoms with Crippen molar-refractivity contribution in [3.8, 4) is 0 Å². The molecule has 21 heavy (non-hydrogen) atoms. The van der Waals surface area contributed by atoms with Crippen LogP contribution >= 0.6 is 11.6 Å². The lowest BCUT2D eigenvalue weighted by atomic mass is 10.2. The molecular weight excluding hydrogens is 318 g/mol. The van der Waals surface area contributed by atoms with E-state index in [0.717, 1.165) is 0 Å². The highest BCUT2D eigenvalue weighted by molar-refractivity contribution is 7.92. The van der Waals surface area contributed by atoms with Crippen molar-refractivity contribution in [1.29, 1.82) is 0 Å². The van der Waals surface area contributed by atoms with Crippen LogP contribution in [0.15, 0.2) is 35.7 Å². The van der Waals surface area contributed by atoms with Crippen LogP contribution in [0.5, 0.6) is 0 Å². The minimum absolute atomic E-state index is 0.0713. The molecule has 1 heterocycles. The first-order valence-corrected chi connectivity index (χ1v) is 7.77. The second-order valence-electron chi connectivity index (χ2n) is 4.14. The van der Waals surface area contributed by atoms with Gasteiger partial charge in [0.05, 0.1) is 17.6 Å². The van der Waals surface area contributed by atoms with E-state index < -0.39 is 16.0 Å². The number of carboxylic acids is 1. The van der Waals surface area contributed by atoms with Gasteiger partial charge in [-0.25, -0.2) is 9.78 Å². The van der Waals surface area contributed by atoms with E-state index in [-0.39, 0.29) is 21.3 Å². The van der Waals surface area contributed by atoms with Gasteiger partial charge in [0.1, 0.15) is 0 Å². The van der Waals surface area contributed by atoms with Gasteiger partial charge in [0.15, 0.2) is 5.03 Å². The van der Waals surface area contributed by atoms with Crippen molar-refractivity contribution in [2.24, 2.45) is 0 Å². The average Bonchev–Trinajstić information content (AvgIpc) is 2.90. The van der Waals surface area contributed by atoms with Crippen molar-refractivity contribution in [3.05, 3.63) is 41.3 Å². The maximum absolute atomic E-state index is 12.2. The third-order valence-electron chi connectivity index (χ3n) is 2.71. The molecule has 0 saturated heterocycles. The van der Waals surface area contributed by atoms with Crippen molar-refractivity contribution in [2.75, 3.05) is 4.72 Å². The zero-order valence-corrected chi connectivity index (χ0v) is 12.5. The van der Waals surface area contributed by atoms with Crippen LogP contribution in [0.3, 0.4) is 0 Å². The molecule has 2 N–H and O–H groups in total. The van der Waals surface area contributed by atoms with Crippen molar-refractivity contribution >= 4 is 33.3 Å². The number of nitrogens with one attached hydrogen (secondary N) is 1. The molecule has 0 aliphatic heterocycles. The zero-order chi connectivity index (χ0) is 15.6. The maximum Gasteiger partial charge on any atom is 0.337 e. The van der Waals surface area contributed by atoms with E-state index in [1.165, 1.54) is 30.7 Å². The van der Waals surface area contributed by atoms with Gasteiger partial charge in [0.25, 0.3) is 10.0 Å². The number of anilines is 1. The highest BCUT2D eigenvalue weighted by Gasteiger charge is 2.21. The molecule has 0 atom stereocenters. The summed E-state index contributed by atoms with van der Waals surface area (Å²) in [7, 11) is -3.96. The zero-order valence-electron chi connectivity index (χ0n) is 10.9. The first-order valence-electron chi connectivity index (χ1n) is 5.91. The summed E-state index contributed by atoms with van der Waals surface area (Å²) in [5, 5.41) is 9.10. The summed E-state index contributed by atoms with van der Waals surface area (Å²) >= 11 is 5.72. The van der Waals surface area contributed by atoms with E-state index in [4.69, 9.17) is 16.7 Å². The van der Waals surface area contributed by atoms with Crippen LogP contribution in [-0.2, 0) is 16.6 Å². The van der Waals surface area contributed by atoms with E-state index >= 15 is 0 Å². The van der Waals surface area contributed by atoms with Gasteiger partial charge in [-0.05, 0) is 25.1 Å². The molecule has 0 unspecified atom stereocenters. The number of benzene rings is 1. The predicted molar refractivity (Wildman–Crippen MR) is 77.1 cm³/mol. The molecule has 0 spiro atoms. The summed E-state index contributed by atoms with van der Waals surface area (Å²) in [6.45, 7) is 2.41. The molecule has 7 nitrogen and oxygen atoms in total. The molecule has 0 saturated carbocycles. The molecule has 0 radical (unpaired) electrons. The van der Waals surface area contributed by atoms with E-state index in [1.807, 2.05) is 6.92 Å². The SMILES string of the molecule is CCn1cnc(S(=O)(=O)Nc2ccc(Cl)cc2C(=O)O)c1. The summed E-state index contributed by atoms with van der Waals surface area (Å²) in [6, 6.07) is 3.86. The lowest BCUT2D eigenvalue weighted by Gasteiger charge is -2.09. The number of hydrogen-bond donors (Lipinski definition) is 2. The lowest BCUT2D eigenvalue weighted by molar-refractivity contribution is 0.0698. The standard InChI is InChI=1S/C12H12ClN3O4S/c1-2-16-6-11(14-7-16)21(19,20)15-10-4-3-8(13)5-9(10)12(17)18/h3-7,15H,2H2,1H3,(H,17,18). The quantitative estimate of drug-likeness (QED) is 0.874. The fraction of sp³-hybridized carbons (Fsp3) is 0.167. The van der Waals surface area contributed by atoms with Crippen molar-refractivity contribution < 1.29 is 18.3 Å². The number of halogens is 1. The van der Waals surface area contributed by atoms with Gasteiger partial charge >= 0.3 is 5.97 Å². The van der Waals surface area contributed by atoms with Crippen molar-refractivity contribution in [1.82, 2.24) is 9.55 Å². The Balaban J connectivity index is 2.39. The van der Waals surface area contributed by atoms with Crippen LogP contribution in [0.25, 0.3) is 0 Å². The molecule has 0 bridgehead atoms. The number of imidazole rings is 1. The Morgan fingerprint density at radius 1 is 1.48 bits per heavy atom. The molecule has 1 aromatic heterocycles. The summed E-state index contributed by atoms with van der Waals surface area (Å²) in [5.74, 6) is -1.28. The number of nitrogens with zero attached hydrogens (tertiary/aromatic N) is 2. The summed E-state index contributed by atoms with van der Waals surface area (Å²) in [6.07, 6.45) is 2.74. The topological polar surface area (TPSA) is 101 Å². The molecule has 0 amide bonds. The maximum atomic E-state index is 12.2. The Morgan fingerprint density at radius 3 is 2.76 bits per heavy atom. The van der Waals surface area contributed by atoms with E-state index in [9.17, 15) is 13.2 Å². The first kappa shape index (κ1) is 15.3. The number of sulfonamides is 1. The normalized spacial score (nSPS) is 11.3. The Bertz CT molecular complexity index is 786. The molecule has 112 valence electrons. The second-order valence-corrected chi connectivity index (χ2v) is 6.21. The van der Waals surface area contributed by atoms with Crippen LogP contribution in [0.1, 0.15) is 17.3 Å². The Labute approximate surface area is 126 Å². The van der Waals surface area contributed by atoms with Gasteiger partial charge in [-0.15, -0.1) is 0 Å². The van der Waals surface area contributed by atoms with Crippen LogP contribution in [0.2, 0.25) is 5.02 Å². The summed E-state index contributed by atoms with van der Waals surface area (Å²) in [5.41, 5.74) is -0.307. The third kappa shape index (κ3) is 3.34. The minimum atomic E-state index is -3.96. The van der Waals surface area contributed by atoms with Gasteiger partial charge in [-0.1, -0.05) is 11.6 Å². The van der Waals surface area contributed by atoms with Crippen LogP contribution in [-0.4, -0.2) is 29.0 Å². The predicted octanol–water partition coefficient (Wildman–Crippen LogP) is 2.06. The molecule has 2 aromatic rings. The van der Waals surface area contributed by atoms with Crippen LogP contribution in [0.4, 0.5) is 5.69 Å². The second kappa shape index (κ2) is 5.74. The average molecular weight is 330 g/mol. The van der Waals surface area contributed by atoms with Gasteiger partial charge in [-0.3, -0.25) is 4.72 Å². The monoisotopic (exact) mass is 329 g/mol. The fourth-order valence-electron chi connectivity index (χ4n) is 1.63. The van der Waals surface area contributed by atoms with Crippen LogP contribution in [0, 0.1) is 0 Å². The number of aryl methyl sites for hydroxylation is 1. The number of carbonyl (C=O) groups is 1. The number of carboxylic acid groups (broad SMARTS) is 1. The summed E-state index contributed by atoms with van der Waals surface area (Å²) in [4.78, 5) is 14.9. The minimum Gasteiger partial charge on any atom is -0.478 e. The van der Waals surface area contributed by atoms with E-state index in [0.29, 0.717) is 6.54 Å². The lowest BCUT2D eigenvalue weighted by Crippen LogP contribution is -2.16. The van der Waals surface area contributed by atoms with Gasteiger partial charge in [0.2, 0.25) is 0 Å². The van der Waals surface area contributed by atoms with Gasteiger partial charge < -0.3 is 9.67 Å². The Hall–Kier alpha value is -2.06. The van der Waals surface area contributed by atoms with Gasteiger partial charge in [-0.2, -0.15) is 8.42 Å². The number of rotatable bonds is 5. The smallest absolute Gasteiger partial charge is 0.337 e. The third-order valence-corrected chi connectivity index (χ3v) is 4.19. The van der Waals surface area contributed by atoms with Gasteiger partial charge in [0, 0.05) is 17.8 Å². The number of aromatic nitrogens is 2. The number of aromatic carboxylic acids is 1. The van der Waals surface area contributed by atoms with Crippen molar-refractivity contribution in [2.45, 2.75) is 18.5 Å². The Morgan fingerprint density at radius 2 is 2.19 bits per heavy atom. The molecule has 2 rings (SSSR count). The largest absolute Gasteiger partial charge is 0.478 e. The van der Waals surface area contributed by atoms with Crippen LogP contribution < -0.4 is 4.72 Å². The number of hydrogen-bond acceptors (Lipinski definition) is 4. The molecular formula is C12H12ClN3O4S. The molecule has 0 fully saturated rings. The summed E-state index contributed by atoms with van der Waals surface area (Å²) < 4.78 is 28.2. The fourth-order valence-corrected chi connectivity index (χ4v) is 2.84. The highest BCUT2D eigenvalue weighted by atomic mass is 35.5. The Kier molecular flexibility index (Phi) is 4.19.